The number of carbonyl (C=O) groups is 1. The summed E-state index contributed by atoms with van der Waals surface area (Å²) >= 11 is 3.07. The van der Waals surface area contributed by atoms with Crippen LogP contribution in [0.3, 0.4) is 0 Å². The van der Waals surface area contributed by atoms with Crippen LogP contribution in [-0.2, 0) is 22.3 Å². The van der Waals surface area contributed by atoms with Crippen LogP contribution >= 0.6 is 23.5 Å². The molecule has 22 heavy (non-hydrogen) atoms. The molecule has 0 fully saturated rings. The lowest BCUT2D eigenvalue weighted by atomic mass is 10.2. The number of carbonyl (C=O) groups excluding carboxylic acids is 1. The molecule has 118 valence electrons. The van der Waals surface area contributed by atoms with Crippen LogP contribution in [0.1, 0.15) is 18.3 Å². The van der Waals surface area contributed by atoms with Gasteiger partial charge in [0.05, 0.1) is 12.9 Å². The number of nitrogens with zero attached hydrogens (tertiary/aromatic N) is 3. The van der Waals surface area contributed by atoms with E-state index in [0.29, 0.717) is 0 Å². The minimum Gasteiger partial charge on any atom is -0.468 e. The lowest BCUT2D eigenvalue weighted by Crippen LogP contribution is -2.15. The molecule has 0 aliphatic rings. The van der Waals surface area contributed by atoms with Crippen LogP contribution < -0.4 is 0 Å². The number of rotatable bonds is 6. The smallest absolute Gasteiger partial charge is 0.318 e. The first-order valence-electron chi connectivity index (χ1n) is 6.83. The Hall–Kier alpha value is -1.47. The first kappa shape index (κ1) is 16.9. The largest absolute Gasteiger partial charge is 0.468 e. The summed E-state index contributed by atoms with van der Waals surface area (Å²) in [6, 6.07) is 8.40. The second kappa shape index (κ2) is 7.69. The van der Waals surface area contributed by atoms with E-state index in [1.165, 1.54) is 29.3 Å². The lowest BCUT2D eigenvalue weighted by Gasteiger charge is -2.08. The van der Waals surface area contributed by atoms with E-state index in [1.807, 2.05) is 11.6 Å². The lowest BCUT2D eigenvalue weighted by molar-refractivity contribution is -0.139. The summed E-state index contributed by atoms with van der Waals surface area (Å²) in [5.41, 5.74) is 1.25. The van der Waals surface area contributed by atoms with Gasteiger partial charge in [-0.1, -0.05) is 29.5 Å². The Morgan fingerprint density at radius 1 is 1.32 bits per heavy atom. The highest BCUT2D eigenvalue weighted by molar-refractivity contribution is 8.00. The van der Waals surface area contributed by atoms with Crippen LogP contribution in [-0.4, -0.2) is 33.1 Å². The van der Waals surface area contributed by atoms with Crippen molar-refractivity contribution in [3.05, 3.63) is 35.7 Å². The number of hydrogen-bond donors (Lipinski definition) is 0. The van der Waals surface area contributed by atoms with Crippen LogP contribution in [0, 0.1) is 6.92 Å². The van der Waals surface area contributed by atoms with E-state index in [-0.39, 0.29) is 11.2 Å². The van der Waals surface area contributed by atoms with Crippen LogP contribution in [0.4, 0.5) is 0 Å². The van der Waals surface area contributed by atoms with Gasteiger partial charge in [-0.3, -0.25) is 4.79 Å². The third-order valence-corrected chi connectivity index (χ3v) is 5.25. The van der Waals surface area contributed by atoms with E-state index in [0.717, 1.165) is 16.7 Å². The minimum absolute atomic E-state index is 0.261. The van der Waals surface area contributed by atoms with Crippen molar-refractivity contribution in [2.75, 3.05) is 7.11 Å². The van der Waals surface area contributed by atoms with Gasteiger partial charge < -0.3 is 9.30 Å². The standard InChI is InChI=1S/C15H19N3O2S2/c1-10-5-7-12(8-6-10)21-9-13-16-17-15(18(13)3)22-11(2)14(19)20-4/h5-8,11H,9H2,1-4H3. The van der Waals surface area contributed by atoms with E-state index < -0.39 is 0 Å². The van der Waals surface area contributed by atoms with Crippen molar-refractivity contribution < 1.29 is 9.53 Å². The number of aryl methyl sites for hydroxylation is 1. The minimum atomic E-state index is -0.300. The molecule has 1 heterocycles. The second-order valence-corrected chi connectivity index (χ2v) is 7.20. The number of aromatic nitrogens is 3. The van der Waals surface area contributed by atoms with Gasteiger partial charge in [-0.15, -0.1) is 22.0 Å². The molecular weight excluding hydrogens is 318 g/mol. The molecule has 0 bridgehead atoms. The number of methoxy groups -OCH3 is 1. The maximum Gasteiger partial charge on any atom is 0.318 e. The average Bonchev–Trinajstić information content (AvgIpc) is 2.86. The molecular formula is C15H19N3O2S2. The second-order valence-electron chi connectivity index (χ2n) is 4.84. The van der Waals surface area contributed by atoms with Gasteiger partial charge in [0.2, 0.25) is 0 Å². The molecule has 2 rings (SSSR count). The van der Waals surface area contributed by atoms with Crippen LogP contribution in [0.2, 0.25) is 0 Å². The van der Waals surface area contributed by atoms with Gasteiger partial charge in [0.25, 0.3) is 0 Å². The Balaban J connectivity index is 1.98. The third kappa shape index (κ3) is 4.27. The van der Waals surface area contributed by atoms with Gasteiger partial charge >= 0.3 is 5.97 Å². The predicted molar refractivity (Wildman–Crippen MR) is 89.1 cm³/mol. The highest BCUT2D eigenvalue weighted by atomic mass is 32.2. The van der Waals surface area contributed by atoms with Crippen molar-refractivity contribution in [1.82, 2.24) is 14.8 Å². The van der Waals surface area contributed by atoms with Gasteiger partial charge in [-0.05, 0) is 26.0 Å². The van der Waals surface area contributed by atoms with Crippen LogP contribution in [0.5, 0.6) is 0 Å². The molecule has 0 saturated carbocycles. The molecule has 0 N–H and O–H groups in total. The molecule has 5 nitrogen and oxygen atoms in total. The number of esters is 1. The fourth-order valence-corrected chi connectivity index (χ4v) is 3.46. The molecule has 0 aliphatic heterocycles. The Morgan fingerprint density at radius 2 is 2.00 bits per heavy atom. The number of benzene rings is 1. The molecule has 0 radical (unpaired) electrons. The molecule has 1 aromatic heterocycles. The summed E-state index contributed by atoms with van der Waals surface area (Å²) in [6.45, 7) is 3.87. The van der Waals surface area contributed by atoms with E-state index in [2.05, 4.69) is 41.4 Å². The van der Waals surface area contributed by atoms with Crippen LogP contribution in [0.25, 0.3) is 0 Å². The Morgan fingerprint density at radius 3 is 2.64 bits per heavy atom. The zero-order valence-electron chi connectivity index (χ0n) is 13.1. The summed E-state index contributed by atoms with van der Waals surface area (Å²) in [4.78, 5) is 12.7. The van der Waals surface area contributed by atoms with Gasteiger partial charge in [-0.25, -0.2) is 0 Å². The van der Waals surface area contributed by atoms with Crippen molar-refractivity contribution in [2.24, 2.45) is 7.05 Å². The fourth-order valence-electron chi connectivity index (χ4n) is 1.73. The first-order valence-corrected chi connectivity index (χ1v) is 8.70. The van der Waals surface area contributed by atoms with Crippen molar-refractivity contribution >= 4 is 29.5 Å². The summed E-state index contributed by atoms with van der Waals surface area (Å²) in [6.07, 6.45) is 0. The highest BCUT2D eigenvalue weighted by Gasteiger charge is 2.19. The Bertz CT molecular complexity index is 641. The number of thioether (sulfide) groups is 2. The van der Waals surface area contributed by atoms with Crippen molar-refractivity contribution in [1.29, 1.82) is 0 Å². The Labute approximate surface area is 138 Å². The van der Waals surface area contributed by atoms with Crippen molar-refractivity contribution in [3.8, 4) is 0 Å². The van der Waals surface area contributed by atoms with E-state index in [1.54, 1.807) is 18.7 Å². The molecule has 7 heteroatoms. The first-order chi connectivity index (χ1) is 10.5. The average molecular weight is 337 g/mol. The fraction of sp³-hybridized carbons (Fsp3) is 0.400. The summed E-state index contributed by atoms with van der Waals surface area (Å²) in [5, 5.41) is 8.78. The van der Waals surface area contributed by atoms with Crippen molar-refractivity contribution in [3.63, 3.8) is 0 Å². The number of ether oxygens (including phenoxy) is 1. The monoisotopic (exact) mass is 337 g/mol. The Kier molecular flexibility index (Phi) is 5.90. The van der Waals surface area contributed by atoms with Crippen molar-refractivity contribution in [2.45, 2.75) is 34.9 Å². The predicted octanol–water partition coefficient (Wildman–Crippen LogP) is 3.07. The van der Waals surface area contributed by atoms with Gasteiger partial charge in [0.15, 0.2) is 5.16 Å². The topological polar surface area (TPSA) is 57.0 Å². The third-order valence-electron chi connectivity index (χ3n) is 3.13. The molecule has 0 amide bonds. The normalized spacial score (nSPS) is 12.2. The SMILES string of the molecule is COC(=O)C(C)Sc1nnc(CSc2ccc(C)cc2)n1C. The maximum atomic E-state index is 11.5. The molecule has 0 aliphatic carbocycles. The van der Waals surface area contributed by atoms with Gasteiger partial charge in [-0.2, -0.15) is 0 Å². The zero-order chi connectivity index (χ0) is 16.1. The highest BCUT2D eigenvalue weighted by Crippen LogP contribution is 2.26. The van der Waals surface area contributed by atoms with E-state index >= 15 is 0 Å². The molecule has 1 unspecified atom stereocenters. The molecule has 0 spiro atoms. The molecule has 1 atom stereocenters. The molecule has 1 aromatic carbocycles. The maximum absolute atomic E-state index is 11.5. The summed E-state index contributed by atoms with van der Waals surface area (Å²) in [7, 11) is 3.30. The van der Waals surface area contributed by atoms with Gasteiger partial charge in [0.1, 0.15) is 11.1 Å². The molecule has 2 aromatic rings. The quantitative estimate of drug-likeness (QED) is 0.596. The van der Waals surface area contributed by atoms with E-state index in [9.17, 15) is 4.79 Å². The van der Waals surface area contributed by atoms with E-state index in [4.69, 9.17) is 4.74 Å². The summed E-state index contributed by atoms with van der Waals surface area (Å²) < 4.78 is 6.65. The molecule has 0 saturated heterocycles. The summed E-state index contributed by atoms with van der Waals surface area (Å²) in [5.74, 6) is 1.36. The number of hydrogen-bond acceptors (Lipinski definition) is 6. The zero-order valence-corrected chi connectivity index (χ0v) is 14.7. The van der Waals surface area contributed by atoms with Crippen LogP contribution in [0.15, 0.2) is 34.3 Å². The van der Waals surface area contributed by atoms with Gasteiger partial charge in [0, 0.05) is 11.9 Å².